The van der Waals surface area contributed by atoms with Gasteiger partial charge in [-0.1, -0.05) is 42.8 Å². The van der Waals surface area contributed by atoms with Crippen LogP contribution in [0.3, 0.4) is 0 Å². The number of hydrogen-bond acceptors (Lipinski definition) is 2. The Kier molecular flexibility index (Phi) is 4.32. The van der Waals surface area contributed by atoms with Gasteiger partial charge >= 0.3 is 0 Å². The van der Waals surface area contributed by atoms with Gasteiger partial charge in [-0.15, -0.1) is 0 Å². The summed E-state index contributed by atoms with van der Waals surface area (Å²) in [6, 6.07) is 8.57. The Hall–Kier alpha value is -1.32. The van der Waals surface area contributed by atoms with E-state index in [0.717, 1.165) is 31.5 Å². The first-order chi connectivity index (χ1) is 10.2. The second-order valence-electron chi connectivity index (χ2n) is 5.82. The molecule has 112 valence electrons. The Labute approximate surface area is 131 Å². The van der Waals surface area contributed by atoms with E-state index >= 15 is 0 Å². The van der Waals surface area contributed by atoms with E-state index in [2.05, 4.69) is 36.3 Å². The van der Waals surface area contributed by atoms with Crippen LogP contribution in [0, 0.1) is 0 Å². The van der Waals surface area contributed by atoms with Gasteiger partial charge in [0.15, 0.2) is 0 Å². The number of nitrogens with two attached hydrogens (primary N) is 1. The van der Waals surface area contributed by atoms with Gasteiger partial charge in [0.05, 0.1) is 23.0 Å². The van der Waals surface area contributed by atoms with Gasteiger partial charge < -0.3 is 5.73 Å². The van der Waals surface area contributed by atoms with Crippen LogP contribution in [0.15, 0.2) is 30.5 Å². The zero-order valence-electron chi connectivity index (χ0n) is 12.4. The number of aromatic nitrogens is 2. The molecule has 0 saturated carbocycles. The van der Waals surface area contributed by atoms with Crippen LogP contribution in [-0.4, -0.2) is 9.78 Å². The van der Waals surface area contributed by atoms with Gasteiger partial charge in [0.25, 0.3) is 0 Å². The number of benzene rings is 1. The molecule has 0 amide bonds. The van der Waals surface area contributed by atoms with Gasteiger partial charge in [-0.3, -0.25) is 4.68 Å². The van der Waals surface area contributed by atoms with Crippen LogP contribution in [0.2, 0.25) is 5.02 Å². The number of halogens is 1. The van der Waals surface area contributed by atoms with Crippen molar-refractivity contribution in [2.45, 2.75) is 51.1 Å². The van der Waals surface area contributed by atoms with Crippen LogP contribution in [0.5, 0.6) is 0 Å². The Morgan fingerprint density at radius 3 is 3.05 bits per heavy atom. The largest absolute Gasteiger partial charge is 0.322 e. The molecule has 1 heterocycles. The topological polar surface area (TPSA) is 43.8 Å². The lowest BCUT2D eigenvalue weighted by molar-refractivity contribution is 0.440. The average molecular weight is 304 g/mol. The second-order valence-corrected chi connectivity index (χ2v) is 6.23. The van der Waals surface area contributed by atoms with Gasteiger partial charge in [-0.05, 0) is 36.8 Å². The van der Waals surface area contributed by atoms with E-state index in [4.69, 9.17) is 17.3 Å². The monoisotopic (exact) mass is 303 g/mol. The molecule has 0 spiro atoms. The molecule has 2 atom stereocenters. The van der Waals surface area contributed by atoms with Crippen LogP contribution in [0.1, 0.15) is 55.0 Å². The summed E-state index contributed by atoms with van der Waals surface area (Å²) in [7, 11) is 0. The zero-order valence-corrected chi connectivity index (χ0v) is 13.2. The molecule has 21 heavy (non-hydrogen) atoms. The molecule has 1 aliphatic carbocycles. The lowest BCUT2D eigenvalue weighted by Crippen LogP contribution is -2.26. The van der Waals surface area contributed by atoms with Crippen LogP contribution >= 0.6 is 11.6 Å². The average Bonchev–Trinajstić information content (AvgIpc) is 2.87. The van der Waals surface area contributed by atoms with Gasteiger partial charge in [0.2, 0.25) is 0 Å². The molecule has 3 rings (SSSR count). The fourth-order valence-electron chi connectivity index (χ4n) is 3.45. The fourth-order valence-corrected chi connectivity index (χ4v) is 3.72. The van der Waals surface area contributed by atoms with E-state index in [9.17, 15) is 0 Å². The van der Waals surface area contributed by atoms with Crippen molar-refractivity contribution in [2.75, 3.05) is 0 Å². The summed E-state index contributed by atoms with van der Waals surface area (Å²) in [6.07, 6.45) is 6.21. The predicted octanol–water partition coefficient (Wildman–Crippen LogP) is 4.07. The molecule has 1 aromatic carbocycles. The lowest BCUT2D eigenvalue weighted by atomic mass is 9.78. The Morgan fingerprint density at radius 1 is 1.43 bits per heavy atom. The molecule has 1 aliphatic rings. The van der Waals surface area contributed by atoms with E-state index in [1.807, 2.05) is 4.68 Å². The smallest absolute Gasteiger partial charge is 0.0834 e. The van der Waals surface area contributed by atoms with Gasteiger partial charge in [-0.25, -0.2) is 0 Å². The summed E-state index contributed by atoms with van der Waals surface area (Å²) in [5.41, 5.74) is 10.4. The highest BCUT2D eigenvalue weighted by molar-refractivity contribution is 6.31. The lowest BCUT2D eigenvalue weighted by Gasteiger charge is -2.30. The summed E-state index contributed by atoms with van der Waals surface area (Å²) in [6.45, 7) is 3.00. The first-order valence-corrected chi connectivity index (χ1v) is 8.14. The molecule has 0 bridgehead atoms. The molecule has 0 fully saturated rings. The maximum absolute atomic E-state index is 6.62. The molecular weight excluding hydrogens is 282 g/mol. The van der Waals surface area contributed by atoms with Crippen molar-refractivity contribution in [1.29, 1.82) is 0 Å². The van der Waals surface area contributed by atoms with Gasteiger partial charge in [0, 0.05) is 12.5 Å². The van der Waals surface area contributed by atoms with Crippen molar-refractivity contribution < 1.29 is 0 Å². The van der Waals surface area contributed by atoms with Crippen molar-refractivity contribution in [1.82, 2.24) is 9.78 Å². The maximum atomic E-state index is 6.62. The Bertz CT molecular complexity index is 620. The molecule has 0 saturated heterocycles. The SMILES string of the molecule is CCCn1ncc(Cl)c1C(N)C1CCCc2ccccc21. The van der Waals surface area contributed by atoms with Crippen molar-refractivity contribution >= 4 is 11.6 Å². The molecule has 2 aromatic rings. The van der Waals surface area contributed by atoms with Crippen molar-refractivity contribution in [3.8, 4) is 0 Å². The van der Waals surface area contributed by atoms with E-state index in [1.54, 1.807) is 6.20 Å². The molecule has 0 aliphatic heterocycles. The number of hydrogen-bond donors (Lipinski definition) is 1. The first kappa shape index (κ1) is 14.6. The number of fused-ring (bicyclic) bond motifs is 1. The highest BCUT2D eigenvalue weighted by Gasteiger charge is 2.29. The molecule has 2 unspecified atom stereocenters. The highest BCUT2D eigenvalue weighted by atomic mass is 35.5. The number of nitrogens with zero attached hydrogens (tertiary/aromatic N) is 2. The van der Waals surface area contributed by atoms with Crippen LogP contribution < -0.4 is 5.73 Å². The van der Waals surface area contributed by atoms with Gasteiger partial charge in [0.1, 0.15) is 0 Å². The maximum Gasteiger partial charge on any atom is 0.0834 e. The van der Waals surface area contributed by atoms with Crippen molar-refractivity contribution in [3.63, 3.8) is 0 Å². The fraction of sp³-hybridized carbons (Fsp3) is 0.471. The van der Waals surface area contributed by atoms with E-state index < -0.39 is 0 Å². The summed E-state index contributed by atoms with van der Waals surface area (Å²) in [5.74, 6) is 0.333. The van der Waals surface area contributed by atoms with Crippen LogP contribution in [0.4, 0.5) is 0 Å². The molecular formula is C17H22ClN3. The van der Waals surface area contributed by atoms with E-state index in [0.29, 0.717) is 10.9 Å². The zero-order chi connectivity index (χ0) is 14.8. The van der Waals surface area contributed by atoms with Crippen molar-refractivity contribution in [2.24, 2.45) is 5.73 Å². The summed E-state index contributed by atoms with van der Waals surface area (Å²) in [5, 5.41) is 5.08. The minimum absolute atomic E-state index is 0.0898. The molecule has 2 N–H and O–H groups in total. The minimum atomic E-state index is -0.0898. The summed E-state index contributed by atoms with van der Waals surface area (Å²) >= 11 is 6.36. The van der Waals surface area contributed by atoms with E-state index in [1.165, 1.54) is 17.5 Å². The predicted molar refractivity (Wildman–Crippen MR) is 86.6 cm³/mol. The standard InChI is InChI=1S/C17H22ClN3/c1-2-10-21-17(15(18)11-20-21)16(19)14-9-5-7-12-6-3-4-8-13(12)14/h3-4,6,8,11,14,16H,2,5,7,9-10,19H2,1H3. The third kappa shape index (κ3) is 2.72. The second kappa shape index (κ2) is 6.20. The quantitative estimate of drug-likeness (QED) is 0.925. The highest BCUT2D eigenvalue weighted by Crippen LogP contribution is 2.40. The number of rotatable bonds is 4. The molecule has 4 heteroatoms. The minimum Gasteiger partial charge on any atom is -0.322 e. The number of aryl methyl sites for hydroxylation is 2. The molecule has 1 aromatic heterocycles. The van der Waals surface area contributed by atoms with Crippen LogP contribution in [0.25, 0.3) is 0 Å². The summed E-state index contributed by atoms with van der Waals surface area (Å²) in [4.78, 5) is 0. The third-order valence-electron chi connectivity index (χ3n) is 4.43. The third-order valence-corrected chi connectivity index (χ3v) is 4.72. The van der Waals surface area contributed by atoms with Crippen LogP contribution in [-0.2, 0) is 13.0 Å². The first-order valence-electron chi connectivity index (χ1n) is 7.77. The Balaban J connectivity index is 1.96. The Morgan fingerprint density at radius 2 is 2.24 bits per heavy atom. The normalized spacial score (nSPS) is 19.3. The van der Waals surface area contributed by atoms with E-state index in [-0.39, 0.29) is 6.04 Å². The van der Waals surface area contributed by atoms with Crippen molar-refractivity contribution in [3.05, 3.63) is 52.3 Å². The summed E-state index contributed by atoms with van der Waals surface area (Å²) < 4.78 is 1.98. The van der Waals surface area contributed by atoms with Gasteiger partial charge in [-0.2, -0.15) is 5.10 Å². The molecule has 3 nitrogen and oxygen atoms in total. The molecule has 0 radical (unpaired) electrons.